The number of amides is 1. The molecule has 5 nitrogen and oxygen atoms in total. The standard InChI is InChI=1S/C17H33N3O2/c1-15-4-12-20(13-5-15)11-3-8-19-16(21)17(14-22-2)6-9-18-10-7-17/h15,18H,3-14H2,1-2H3,(H,19,21). The predicted octanol–water partition coefficient (Wildman–Crippen LogP) is 1.24. The second-order valence-electron chi connectivity index (χ2n) is 7.10. The van der Waals surface area contributed by atoms with Crippen molar-refractivity contribution < 1.29 is 9.53 Å². The molecule has 0 radical (unpaired) electrons. The number of carbonyl (C=O) groups is 1. The highest BCUT2D eigenvalue weighted by Crippen LogP contribution is 2.29. The lowest BCUT2D eigenvalue weighted by Gasteiger charge is -2.35. The van der Waals surface area contributed by atoms with E-state index in [1.165, 1.54) is 25.9 Å². The number of carbonyl (C=O) groups excluding carboxylic acids is 1. The lowest BCUT2D eigenvalue weighted by molar-refractivity contribution is -0.136. The highest BCUT2D eigenvalue weighted by molar-refractivity contribution is 5.82. The first-order chi connectivity index (χ1) is 10.7. The van der Waals surface area contributed by atoms with Crippen molar-refractivity contribution in [3.63, 3.8) is 0 Å². The van der Waals surface area contributed by atoms with Crippen LogP contribution in [0.25, 0.3) is 0 Å². The molecule has 0 unspecified atom stereocenters. The number of ether oxygens (including phenoxy) is 1. The van der Waals surface area contributed by atoms with Crippen LogP contribution in [0.15, 0.2) is 0 Å². The van der Waals surface area contributed by atoms with Crippen molar-refractivity contribution in [2.45, 2.75) is 39.0 Å². The van der Waals surface area contributed by atoms with E-state index < -0.39 is 0 Å². The van der Waals surface area contributed by atoms with Crippen LogP contribution in [0.3, 0.4) is 0 Å². The van der Waals surface area contributed by atoms with Gasteiger partial charge in [-0.1, -0.05) is 6.92 Å². The van der Waals surface area contributed by atoms with Crippen LogP contribution in [0.5, 0.6) is 0 Å². The first-order valence-corrected chi connectivity index (χ1v) is 8.86. The third kappa shape index (κ3) is 4.93. The summed E-state index contributed by atoms with van der Waals surface area (Å²) in [5.41, 5.74) is -0.319. The number of rotatable bonds is 7. The number of nitrogens with zero attached hydrogens (tertiary/aromatic N) is 1. The van der Waals surface area contributed by atoms with Crippen LogP contribution in [-0.2, 0) is 9.53 Å². The maximum Gasteiger partial charge on any atom is 0.228 e. The average Bonchev–Trinajstić information content (AvgIpc) is 2.54. The van der Waals surface area contributed by atoms with E-state index >= 15 is 0 Å². The summed E-state index contributed by atoms with van der Waals surface area (Å²) in [5.74, 6) is 1.06. The molecular formula is C17H33N3O2. The molecule has 2 fully saturated rings. The van der Waals surface area contributed by atoms with Crippen molar-refractivity contribution in [2.24, 2.45) is 11.3 Å². The van der Waals surface area contributed by atoms with Gasteiger partial charge in [0.15, 0.2) is 0 Å². The highest BCUT2D eigenvalue weighted by Gasteiger charge is 2.39. The maximum atomic E-state index is 12.6. The molecule has 0 aromatic carbocycles. The summed E-state index contributed by atoms with van der Waals surface area (Å²) in [6, 6.07) is 0. The van der Waals surface area contributed by atoms with Gasteiger partial charge in [-0.25, -0.2) is 0 Å². The zero-order valence-corrected chi connectivity index (χ0v) is 14.3. The summed E-state index contributed by atoms with van der Waals surface area (Å²) < 4.78 is 5.32. The Morgan fingerprint density at radius 2 is 2.00 bits per heavy atom. The first kappa shape index (κ1) is 17.7. The second kappa shape index (κ2) is 8.85. The van der Waals surface area contributed by atoms with Gasteiger partial charge in [-0.05, 0) is 70.7 Å². The minimum Gasteiger partial charge on any atom is -0.384 e. The van der Waals surface area contributed by atoms with Crippen molar-refractivity contribution >= 4 is 5.91 Å². The van der Waals surface area contributed by atoms with E-state index in [1.54, 1.807) is 7.11 Å². The molecule has 128 valence electrons. The summed E-state index contributed by atoms with van der Waals surface area (Å²) in [5, 5.41) is 6.48. The summed E-state index contributed by atoms with van der Waals surface area (Å²) in [6.07, 6.45) is 5.42. The van der Waals surface area contributed by atoms with Gasteiger partial charge in [-0.15, -0.1) is 0 Å². The van der Waals surface area contributed by atoms with Gasteiger partial charge in [0.2, 0.25) is 5.91 Å². The zero-order chi connectivity index (χ0) is 15.8. The number of likely N-dealkylation sites (tertiary alicyclic amines) is 1. The van der Waals surface area contributed by atoms with E-state index in [1.807, 2.05) is 0 Å². The molecule has 2 rings (SSSR count). The molecule has 22 heavy (non-hydrogen) atoms. The Morgan fingerprint density at radius 1 is 1.32 bits per heavy atom. The number of nitrogens with one attached hydrogen (secondary N) is 2. The Hall–Kier alpha value is -0.650. The second-order valence-corrected chi connectivity index (χ2v) is 7.10. The molecule has 0 aromatic heterocycles. The fourth-order valence-electron chi connectivity index (χ4n) is 3.60. The Morgan fingerprint density at radius 3 is 2.64 bits per heavy atom. The molecular weight excluding hydrogens is 278 g/mol. The zero-order valence-electron chi connectivity index (χ0n) is 14.3. The molecule has 2 aliphatic rings. The van der Waals surface area contributed by atoms with E-state index in [0.717, 1.165) is 51.4 Å². The highest BCUT2D eigenvalue weighted by atomic mass is 16.5. The molecule has 2 saturated heterocycles. The van der Waals surface area contributed by atoms with Gasteiger partial charge in [0.05, 0.1) is 12.0 Å². The van der Waals surface area contributed by atoms with Crippen LogP contribution >= 0.6 is 0 Å². The lowest BCUT2D eigenvalue weighted by atomic mass is 9.78. The van der Waals surface area contributed by atoms with Crippen molar-refractivity contribution in [3.05, 3.63) is 0 Å². The van der Waals surface area contributed by atoms with E-state index in [4.69, 9.17) is 4.74 Å². The molecule has 0 aliphatic carbocycles. The molecule has 0 atom stereocenters. The maximum absolute atomic E-state index is 12.6. The Balaban J connectivity index is 1.67. The Labute approximate surface area is 135 Å². The summed E-state index contributed by atoms with van der Waals surface area (Å²) in [4.78, 5) is 15.1. The third-order valence-corrected chi connectivity index (χ3v) is 5.28. The van der Waals surface area contributed by atoms with Gasteiger partial charge in [0.25, 0.3) is 0 Å². The van der Waals surface area contributed by atoms with Gasteiger partial charge in [-0.2, -0.15) is 0 Å². The summed E-state index contributed by atoms with van der Waals surface area (Å²) in [6.45, 7) is 9.00. The molecule has 5 heteroatoms. The predicted molar refractivity (Wildman–Crippen MR) is 88.9 cm³/mol. The molecule has 2 aliphatic heterocycles. The molecule has 0 bridgehead atoms. The minimum atomic E-state index is -0.319. The molecule has 0 spiro atoms. The first-order valence-electron chi connectivity index (χ1n) is 8.86. The normalized spacial score (nSPS) is 23.4. The number of piperidine rings is 2. The third-order valence-electron chi connectivity index (χ3n) is 5.28. The number of hydrogen-bond donors (Lipinski definition) is 2. The van der Waals surface area contributed by atoms with E-state index in [2.05, 4.69) is 22.5 Å². The van der Waals surface area contributed by atoms with Crippen LogP contribution in [0.2, 0.25) is 0 Å². The molecule has 0 aromatic rings. The van der Waals surface area contributed by atoms with E-state index in [0.29, 0.717) is 6.61 Å². The smallest absolute Gasteiger partial charge is 0.228 e. The van der Waals surface area contributed by atoms with Crippen LogP contribution in [0.4, 0.5) is 0 Å². The Kier molecular flexibility index (Phi) is 7.12. The van der Waals surface area contributed by atoms with Crippen LogP contribution in [0, 0.1) is 11.3 Å². The van der Waals surface area contributed by atoms with Crippen molar-refractivity contribution in [3.8, 4) is 0 Å². The van der Waals surface area contributed by atoms with Crippen molar-refractivity contribution in [1.82, 2.24) is 15.5 Å². The topological polar surface area (TPSA) is 53.6 Å². The molecule has 2 heterocycles. The average molecular weight is 311 g/mol. The van der Waals surface area contributed by atoms with Gasteiger partial charge >= 0.3 is 0 Å². The minimum absolute atomic E-state index is 0.183. The van der Waals surface area contributed by atoms with Crippen LogP contribution in [-0.4, -0.2) is 63.8 Å². The number of hydrogen-bond acceptors (Lipinski definition) is 4. The van der Waals surface area contributed by atoms with E-state index in [9.17, 15) is 4.79 Å². The Bertz CT molecular complexity index is 329. The van der Waals surface area contributed by atoms with Gasteiger partial charge in [0, 0.05) is 13.7 Å². The van der Waals surface area contributed by atoms with E-state index in [-0.39, 0.29) is 11.3 Å². The fourth-order valence-corrected chi connectivity index (χ4v) is 3.60. The molecule has 2 N–H and O–H groups in total. The summed E-state index contributed by atoms with van der Waals surface area (Å²) in [7, 11) is 1.69. The van der Waals surface area contributed by atoms with Gasteiger partial charge in [-0.3, -0.25) is 4.79 Å². The van der Waals surface area contributed by atoms with Crippen molar-refractivity contribution in [2.75, 3.05) is 53.0 Å². The van der Waals surface area contributed by atoms with Crippen molar-refractivity contribution in [1.29, 1.82) is 0 Å². The molecule has 1 amide bonds. The SMILES string of the molecule is COCC1(C(=O)NCCCN2CCC(C)CC2)CCNCC1. The fraction of sp³-hybridized carbons (Fsp3) is 0.941. The van der Waals surface area contributed by atoms with Gasteiger partial charge in [0.1, 0.15) is 0 Å². The van der Waals surface area contributed by atoms with Crippen LogP contribution < -0.4 is 10.6 Å². The summed E-state index contributed by atoms with van der Waals surface area (Å²) >= 11 is 0. The van der Waals surface area contributed by atoms with Gasteiger partial charge < -0.3 is 20.3 Å². The van der Waals surface area contributed by atoms with Crippen LogP contribution in [0.1, 0.15) is 39.0 Å². The number of methoxy groups -OCH3 is 1. The quantitative estimate of drug-likeness (QED) is 0.695. The molecule has 0 saturated carbocycles. The largest absolute Gasteiger partial charge is 0.384 e. The monoisotopic (exact) mass is 311 g/mol. The lowest BCUT2D eigenvalue weighted by Crippen LogP contribution is -2.50.